The fourth-order valence-corrected chi connectivity index (χ4v) is 3.46. The van der Waals surface area contributed by atoms with Crippen LogP contribution in [0.25, 0.3) is 22.2 Å². The number of hydrogen-bond donors (Lipinski definition) is 1. The van der Waals surface area contributed by atoms with Gasteiger partial charge in [-0.2, -0.15) is 0 Å². The number of carbonyl (C=O) groups is 1. The number of fused-ring (bicyclic) bond motifs is 1. The summed E-state index contributed by atoms with van der Waals surface area (Å²) in [5, 5.41) is 3.77. The van der Waals surface area contributed by atoms with Crippen LogP contribution in [0.15, 0.2) is 71.5 Å². The lowest BCUT2D eigenvalue weighted by Crippen LogP contribution is -2.14. The second kappa shape index (κ2) is 7.52. The average Bonchev–Trinajstić information content (AvgIpc) is 2.70. The normalized spacial score (nSPS) is 10.8. The van der Waals surface area contributed by atoms with E-state index in [1.807, 2.05) is 42.5 Å². The molecule has 2 N–H and O–H groups in total. The molecule has 0 aliphatic rings. The highest BCUT2D eigenvalue weighted by atomic mass is 79.9. The summed E-state index contributed by atoms with van der Waals surface area (Å²) in [5.41, 5.74) is 6.31. The van der Waals surface area contributed by atoms with Crippen LogP contribution in [-0.2, 0) is 0 Å². The van der Waals surface area contributed by atoms with Crippen molar-refractivity contribution in [2.24, 2.45) is 0 Å². The van der Waals surface area contributed by atoms with Crippen LogP contribution in [0, 0.1) is 13.8 Å². The van der Waals surface area contributed by atoms with Gasteiger partial charge in [0.05, 0.1) is 22.5 Å². The molecule has 0 atom stereocenters. The Morgan fingerprint density at radius 1 is 0.964 bits per heavy atom. The molecule has 0 saturated carbocycles. The van der Waals surface area contributed by atoms with Crippen molar-refractivity contribution in [3.63, 3.8) is 0 Å². The van der Waals surface area contributed by atoms with E-state index in [0.29, 0.717) is 5.56 Å². The molecule has 2 heterocycles. The highest BCUT2D eigenvalue weighted by molar-refractivity contribution is 9.10. The number of aryl methyl sites for hydroxylation is 2. The van der Waals surface area contributed by atoms with Crippen molar-refractivity contribution in [3.05, 3.63) is 88.2 Å². The monoisotopic (exact) mass is 432 g/mol. The van der Waals surface area contributed by atoms with Gasteiger partial charge in [0.15, 0.2) is 12.4 Å². The summed E-state index contributed by atoms with van der Waals surface area (Å²) in [4.78, 5) is 20.8. The lowest BCUT2D eigenvalue weighted by molar-refractivity contribution is -0.377. The molecule has 0 fully saturated rings. The first kappa shape index (κ1) is 18.3. The Morgan fingerprint density at radius 3 is 2.50 bits per heavy atom. The molecule has 138 valence electrons. The third-order valence-electron chi connectivity index (χ3n) is 4.79. The Kier molecular flexibility index (Phi) is 4.92. The van der Waals surface area contributed by atoms with Crippen LogP contribution in [-0.4, -0.2) is 10.9 Å². The largest absolute Gasteiger partial charge is 0.322 e. The first-order chi connectivity index (χ1) is 13.5. The molecule has 2 aromatic heterocycles. The molecule has 0 unspecified atom stereocenters. The summed E-state index contributed by atoms with van der Waals surface area (Å²) in [7, 11) is 0. The van der Waals surface area contributed by atoms with Crippen molar-refractivity contribution in [1.29, 1.82) is 0 Å². The molecule has 0 radical (unpaired) electrons. The maximum absolute atomic E-state index is 13.1. The van der Waals surface area contributed by atoms with Gasteiger partial charge in [0.2, 0.25) is 0 Å². The Bertz CT molecular complexity index is 1190. The third-order valence-corrected chi connectivity index (χ3v) is 5.29. The number of halogens is 1. The van der Waals surface area contributed by atoms with Crippen molar-refractivity contribution in [2.45, 2.75) is 13.8 Å². The maximum atomic E-state index is 13.1. The lowest BCUT2D eigenvalue weighted by atomic mass is 10.0. The van der Waals surface area contributed by atoms with Crippen molar-refractivity contribution in [3.8, 4) is 11.3 Å². The second-order valence-corrected chi connectivity index (χ2v) is 7.67. The zero-order valence-corrected chi connectivity index (χ0v) is 17.2. The van der Waals surface area contributed by atoms with E-state index in [1.165, 1.54) is 11.1 Å². The number of H-pyrrole nitrogens is 1. The van der Waals surface area contributed by atoms with Gasteiger partial charge in [-0.3, -0.25) is 4.79 Å². The number of nitrogens with zero attached hydrogens (tertiary/aromatic N) is 1. The number of anilines is 1. The molecule has 0 aliphatic carbocycles. The van der Waals surface area contributed by atoms with Crippen LogP contribution >= 0.6 is 15.9 Å². The van der Waals surface area contributed by atoms with Gasteiger partial charge < -0.3 is 5.32 Å². The van der Waals surface area contributed by atoms with E-state index in [1.54, 1.807) is 12.4 Å². The number of hydrogen-bond acceptors (Lipinski definition) is 2. The quantitative estimate of drug-likeness (QED) is 0.474. The van der Waals surface area contributed by atoms with Crippen molar-refractivity contribution in [1.82, 2.24) is 4.98 Å². The van der Waals surface area contributed by atoms with E-state index >= 15 is 0 Å². The van der Waals surface area contributed by atoms with Crippen LogP contribution in [0.3, 0.4) is 0 Å². The van der Waals surface area contributed by atoms with Crippen LogP contribution in [0.2, 0.25) is 0 Å². The fraction of sp³-hybridized carbons (Fsp3) is 0.0870. The maximum Gasteiger partial charge on any atom is 0.256 e. The minimum atomic E-state index is -0.165. The molecule has 0 aliphatic heterocycles. The molecule has 2 aromatic carbocycles. The van der Waals surface area contributed by atoms with Gasteiger partial charge >= 0.3 is 0 Å². The van der Waals surface area contributed by atoms with Gasteiger partial charge in [-0.05, 0) is 55.3 Å². The van der Waals surface area contributed by atoms with Gasteiger partial charge in [-0.15, -0.1) is 0 Å². The summed E-state index contributed by atoms with van der Waals surface area (Å²) in [6.07, 6.45) is 3.55. The van der Waals surface area contributed by atoms with E-state index < -0.39 is 0 Å². The SMILES string of the molecule is Cc1ccc(-c2cc(C(=O)Nc3cc[nH+]cc3)c3cc(Br)ccc3n2)cc1C. The van der Waals surface area contributed by atoms with Gasteiger partial charge in [-0.1, -0.05) is 28.1 Å². The molecule has 28 heavy (non-hydrogen) atoms. The smallest absolute Gasteiger partial charge is 0.256 e. The molecule has 4 nitrogen and oxygen atoms in total. The van der Waals surface area contributed by atoms with Gasteiger partial charge in [0.25, 0.3) is 5.91 Å². The van der Waals surface area contributed by atoms with Crippen LogP contribution in [0.1, 0.15) is 21.5 Å². The van der Waals surface area contributed by atoms with E-state index in [0.717, 1.165) is 32.3 Å². The predicted octanol–water partition coefficient (Wildman–Crippen LogP) is 5.35. The molecule has 5 heteroatoms. The van der Waals surface area contributed by atoms with Crippen LogP contribution < -0.4 is 10.3 Å². The summed E-state index contributed by atoms with van der Waals surface area (Å²) >= 11 is 3.50. The number of aromatic nitrogens is 2. The standard InChI is InChI=1S/C23H18BrN3O/c1-14-3-4-16(11-15(14)2)22-13-20(19-12-17(24)5-6-21(19)27-22)23(28)26-18-7-9-25-10-8-18/h3-13H,1-2H3,(H,25,26,28)/p+1. The first-order valence-electron chi connectivity index (χ1n) is 8.97. The highest BCUT2D eigenvalue weighted by Crippen LogP contribution is 2.28. The number of rotatable bonds is 3. The number of nitrogens with one attached hydrogen (secondary N) is 2. The third kappa shape index (κ3) is 3.66. The Labute approximate surface area is 171 Å². The molecule has 0 bridgehead atoms. The molecular formula is C23H19BrN3O+. The summed E-state index contributed by atoms with van der Waals surface area (Å²) in [6, 6.07) is 17.5. The van der Waals surface area contributed by atoms with E-state index in [9.17, 15) is 4.79 Å². The number of benzene rings is 2. The summed E-state index contributed by atoms with van der Waals surface area (Å²) < 4.78 is 0.907. The predicted molar refractivity (Wildman–Crippen MR) is 115 cm³/mol. The zero-order valence-electron chi connectivity index (χ0n) is 15.6. The van der Waals surface area contributed by atoms with Crippen LogP contribution in [0.5, 0.6) is 0 Å². The van der Waals surface area contributed by atoms with Crippen molar-refractivity contribution < 1.29 is 9.78 Å². The number of carbonyl (C=O) groups excluding carboxylic acids is 1. The molecular weight excluding hydrogens is 414 g/mol. The van der Waals surface area contributed by atoms with Gasteiger partial charge in [-0.25, -0.2) is 9.97 Å². The van der Waals surface area contributed by atoms with Crippen LogP contribution in [0.4, 0.5) is 5.69 Å². The van der Waals surface area contributed by atoms with E-state index in [4.69, 9.17) is 4.98 Å². The number of aromatic amines is 1. The van der Waals surface area contributed by atoms with Crippen molar-refractivity contribution in [2.75, 3.05) is 5.32 Å². The minimum Gasteiger partial charge on any atom is -0.322 e. The minimum absolute atomic E-state index is 0.165. The van der Waals surface area contributed by atoms with Gasteiger partial charge in [0, 0.05) is 27.6 Å². The summed E-state index contributed by atoms with van der Waals surface area (Å²) in [5.74, 6) is -0.165. The average molecular weight is 433 g/mol. The Balaban J connectivity index is 1.86. The van der Waals surface area contributed by atoms with Crippen molar-refractivity contribution >= 4 is 38.4 Å². The lowest BCUT2D eigenvalue weighted by Gasteiger charge is -2.12. The molecule has 1 amide bonds. The Morgan fingerprint density at radius 2 is 1.75 bits per heavy atom. The Hall–Kier alpha value is -3.05. The molecule has 4 rings (SSSR count). The van der Waals surface area contributed by atoms with E-state index in [-0.39, 0.29) is 5.91 Å². The zero-order chi connectivity index (χ0) is 19.7. The molecule has 4 aromatic rings. The number of amides is 1. The topological polar surface area (TPSA) is 56.1 Å². The second-order valence-electron chi connectivity index (χ2n) is 6.76. The molecule has 0 saturated heterocycles. The van der Waals surface area contributed by atoms with Gasteiger partial charge in [0.1, 0.15) is 0 Å². The highest BCUT2D eigenvalue weighted by Gasteiger charge is 2.15. The first-order valence-corrected chi connectivity index (χ1v) is 9.76. The summed E-state index contributed by atoms with van der Waals surface area (Å²) in [6.45, 7) is 4.16. The number of pyridine rings is 2. The fourth-order valence-electron chi connectivity index (χ4n) is 3.10. The molecule has 0 spiro atoms. The van der Waals surface area contributed by atoms with E-state index in [2.05, 4.69) is 52.2 Å².